The van der Waals surface area contributed by atoms with E-state index >= 15 is 0 Å². The molecule has 0 amide bonds. The topological polar surface area (TPSA) is 46.2 Å². The minimum atomic E-state index is -3.23. The van der Waals surface area contributed by atoms with Crippen LogP contribution in [0, 0.1) is 5.92 Å². The van der Waals surface area contributed by atoms with Crippen molar-refractivity contribution in [3.63, 3.8) is 0 Å². The van der Waals surface area contributed by atoms with E-state index in [1.165, 1.54) is 12.8 Å². The second-order valence-corrected chi connectivity index (χ2v) is 6.69. The quantitative estimate of drug-likeness (QED) is 0.765. The lowest BCUT2D eigenvalue weighted by Gasteiger charge is -2.28. The number of nitrogens with one attached hydrogen (secondary N) is 1. The molecule has 1 aliphatic rings. The first-order valence-corrected chi connectivity index (χ1v) is 7.82. The third-order valence-electron chi connectivity index (χ3n) is 3.03. The van der Waals surface area contributed by atoms with Crippen LogP contribution in [0.1, 0.15) is 45.4 Å². The van der Waals surface area contributed by atoms with Gasteiger partial charge < -0.3 is 0 Å². The van der Waals surface area contributed by atoms with E-state index in [0.29, 0.717) is 0 Å². The summed E-state index contributed by atoms with van der Waals surface area (Å²) >= 11 is 5.34. The second-order valence-electron chi connectivity index (χ2n) is 4.35. The van der Waals surface area contributed by atoms with Gasteiger partial charge in [0.05, 0.1) is 0 Å². The number of hydrogen-bond acceptors (Lipinski definition) is 2. The Hall–Kier alpha value is 0.200. The standard InChI is InChI=1S/C10H20ClNO2S/c1-2-3-9-4-6-10(7-5-9)12-15(13,14)8-11/h9-10,12H,2-8H2,1H3. The van der Waals surface area contributed by atoms with E-state index < -0.39 is 10.0 Å². The molecule has 0 heterocycles. The first-order valence-electron chi connectivity index (χ1n) is 5.63. The summed E-state index contributed by atoms with van der Waals surface area (Å²) in [6, 6.07) is 0.113. The van der Waals surface area contributed by atoms with E-state index in [9.17, 15) is 8.42 Å². The van der Waals surface area contributed by atoms with Gasteiger partial charge in [-0.2, -0.15) is 0 Å². The maximum atomic E-state index is 11.2. The summed E-state index contributed by atoms with van der Waals surface area (Å²) in [5.41, 5.74) is 0. The van der Waals surface area contributed by atoms with Crippen molar-refractivity contribution in [3.05, 3.63) is 0 Å². The fourth-order valence-electron chi connectivity index (χ4n) is 2.26. The molecular formula is C10H20ClNO2S. The highest BCUT2D eigenvalue weighted by atomic mass is 35.5. The summed E-state index contributed by atoms with van der Waals surface area (Å²) in [7, 11) is -3.23. The molecule has 3 nitrogen and oxygen atoms in total. The molecule has 0 unspecified atom stereocenters. The first kappa shape index (κ1) is 13.3. The van der Waals surface area contributed by atoms with E-state index in [0.717, 1.165) is 31.6 Å². The van der Waals surface area contributed by atoms with Gasteiger partial charge in [0.2, 0.25) is 10.0 Å². The van der Waals surface area contributed by atoms with E-state index in [-0.39, 0.29) is 11.3 Å². The maximum Gasteiger partial charge on any atom is 0.225 e. The van der Waals surface area contributed by atoms with E-state index in [1.807, 2.05) is 0 Å². The van der Waals surface area contributed by atoms with Gasteiger partial charge in [-0.25, -0.2) is 13.1 Å². The third-order valence-corrected chi connectivity index (χ3v) is 4.88. The zero-order chi connectivity index (χ0) is 11.3. The van der Waals surface area contributed by atoms with Gasteiger partial charge in [0.1, 0.15) is 5.21 Å². The minimum absolute atomic E-state index is 0.113. The van der Waals surface area contributed by atoms with Crippen molar-refractivity contribution in [1.82, 2.24) is 4.72 Å². The first-order chi connectivity index (χ1) is 7.07. The number of hydrogen-bond donors (Lipinski definition) is 1. The molecule has 15 heavy (non-hydrogen) atoms. The average Bonchev–Trinajstić information content (AvgIpc) is 2.21. The Morgan fingerprint density at radius 1 is 1.27 bits per heavy atom. The van der Waals surface area contributed by atoms with Crippen LogP contribution in [0.4, 0.5) is 0 Å². The monoisotopic (exact) mass is 253 g/mol. The van der Waals surface area contributed by atoms with Crippen LogP contribution in [0.5, 0.6) is 0 Å². The molecule has 5 heteroatoms. The highest BCUT2D eigenvalue weighted by molar-refractivity contribution is 7.90. The summed E-state index contributed by atoms with van der Waals surface area (Å²) in [6.07, 6.45) is 6.70. The molecule has 0 bridgehead atoms. The highest BCUT2D eigenvalue weighted by Crippen LogP contribution is 2.27. The lowest BCUT2D eigenvalue weighted by atomic mass is 9.84. The Morgan fingerprint density at radius 2 is 1.87 bits per heavy atom. The van der Waals surface area contributed by atoms with Crippen LogP contribution in [0.2, 0.25) is 0 Å². The molecule has 1 saturated carbocycles. The molecule has 0 aliphatic heterocycles. The number of alkyl halides is 1. The van der Waals surface area contributed by atoms with Crippen molar-refractivity contribution < 1.29 is 8.42 Å². The molecule has 0 aromatic rings. The molecule has 0 aromatic carbocycles. The normalized spacial score (nSPS) is 27.9. The van der Waals surface area contributed by atoms with Crippen molar-refractivity contribution in [1.29, 1.82) is 0 Å². The van der Waals surface area contributed by atoms with Crippen LogP contribution >= 0.6 is 11.6 Å². The molecule has 1 aliphatic carbocycles. The molecule has 0 spiro atoms. The molecule has 90 valence electrons. The second kappa shape index (κ2) is 6.06. The van der Waals surface area contributed by atoms with Gasteiger partial charge in [-0.1, -0.05) is 19.8 Å². The predicted molar refractivity (Wildman–Crippen MR) is 63.4 cm³/mol. The Kier molecular flexibility index (Phi) is 5.36. The van der Waals surface area contributed by atoms with Crippen molar-refractivity contribution >= 4 is 21.6 Å². The van der Waals surface area contributed by atoms with Gasteiger partial charge in [-0.15, -0.1) is 11.6 Å². The third kappa shape index (κ3) is 4.70. The summed E-state index contributed by atoms with van der Waals surface area (Å²) in [4.78, 5) is 0. The predicted octanol–water partition coefficient (Wildman–Crippen LogP) is 2.46. The Labute approximate surface area is 97.6 Å². The molecule has 0 saturated heterocycles. The van der Waals surface area contributed by atoms with Gasteiger partial charge in [-0.05, 0) is 31.6 Å². The lowest BCUT2D eigenvalue weighted by Crippen LogP contribution is -2.38. The largest absolute Gasteiger partial charge is 0.225 e. The number of halogens is 1. The summed E-state index contributed by atoms with van der Waals surface area (Å²) in [5, 5.41) is -0.331. The Balaban J connectivity index is 2.32. The van der Waals surface area contributed by atoms with Crippen molar-refractivity contribution in [2.24, 2.45) is 5.92 Å². The molecule has 1 fully saturated rings. The fraction of sp³-hybridized carbons (Fsp3) is 1.00. The van der Waals surface area contributed by atoms with Crippen LogP contribution in [-0.4, -0.2) is 19.7 Å². The van der Waals surface area contributed by atoms with Gasteiger partial charge in [-0.3, -0.25) is 0 Å². The van der Waals surface area contributed by atoms with E-state index in [1.54, 1.807) is 0 Å². The molecule has 0 aromatic heterocycles. The molecular weight excluding hydrogens is 234 g/mol. The van der Waals surface area contributed by atoms with E-state index in [4.69, 9.17) is 11.6 Å². The molecule has 1 N–H and O–H groups in total. The van der Waals surface area contributed by atoms with Crippen LogP contribution < -0.4 is 4.72 Å². The fourth-order valence-corrected chi connectivity index (χ4v) is 3.26. The van der Waals surface area contributed by atoms with Crippen LogP contribution in [0.3, 0.4) is 0 Å². The Bertz CT molecular complexity index is 271. The zero-order valence-electron chi connectivity index (χ0n) is 9.21. The minimum Gasteiger partial charge on any atom is -0.211 e. The van der Waals surface area contributed by atoms with Crippen LogP contribution in [-0.2, 0) is 10.0 Å². The molecule has 0 atom stereocenters. The van der Waals surface area contributed by atoms with Crippen molar-refractivity contribution in [3.8, 4) is 0 Å². The molecule has 0 radical (unpaired) electrons. The number of rotatable bonds is 5. The smallest absolute Gasteiger partial charge is 0.211 e. The van der Waals surface area contributed by atoms with Gasteiger partial charge in [0.25, 0.3) is 0 Å². The number of sulfonamides is 1. The van der Waals surface area contributed by atoms with Crippen LogP contribution in [0.15, 0.2) is 0 Å². The van der Waals surface area contributed by atoms with Gasteiger partial charge in [0, 0.05) is 6.04 Å². The highest BCUT2D eigenvalue weighted by Gasteiger charge is 2.23. The van der Waals surface area contributed by atoms with Crippen molar-refractivity contribution in [2.75, 3.05) is 5.21 Å². The summed E-state index contributed by atoms with van der Waals surface area (Å²) in [5.74, 6) is 0.798. The summed E-state index contributed by atoms with van der Waals surface area (Å²) in [6.45, 7) is 2.20. The maximum absolute atomic E-state index is 11.2. The van der Waals surface area contributed by atoms with Gasteiger partial charge in [0.15, 0.2) is 0 Å². The average molecular weight is 254 g/mol. The van der Waals surface area contributed by atoms with Crippen LogP contribution in [0.25, 0.3) is 0 Å². The van der Waals surface area contributed by atoms with E-state index in [2.05, 4.69) is 11.6 Å². The summed E-state index contributed by atoms with van der Waals surface area (Å²) < 4.78 is 25.1. The SMILES string of the molecule is CCCC1CCC(NS(=O)(=O)CCl)CC1. The lowest BCUT2D eigenvalue weighted by molar-refractivity contribution is 0.297. The Morgan fingerprint density at radius 3 is 2.33 bits per heavy atom. The molecule has 1 rings (SSSR count). The van der Waals surface area contributed by atoms with Crippen molar-refractivity contribution in [2.45, 2.75) is 51.5 Å². The van der Waals surface area contributed by atoms with Gasteiger partial charge >= 0.3 is 0 Å². The zero-order valence-corrected chi connectivity index (χ0v) is 10.8.